The predicted octanol–water partition coefficient (Wildman–Crippen LogP) is 2.25. The first-order valence-corrected chi connectivity index (χ1v) is 7.50. The van der Waals surface area contributed by atoms with Crippen LogP contribution in [0.1, 0.15) is 6.42 Å². The van der Waals surface area contributed by atoms with Crippen molar-refractivity contribution < 1.29 is 4.79 Å². The van der Waals surface area contributed by atoms with E-state index in [1.165, 1.54) is 0 Å². The molecule has 0 saturated carbocycles. The van der Waals surface area contributed by atoms with E-state index in [4.69, 9.17) is 5.73 Å². The van der Waals surface area contributed by atoms with Crippen LogP contribution < -0.4 is 11.1 Å². The Hall–Kier alpha value is -1.59. The Morgan fingerprint density at radius 1 is 1.47 bits per heavy atom. The highest BCUT2D eigenvalue weighted by Crippen LogP contribution is 2.16. The van der Waals surface area contributed by atoms with E-state index in [2.05, 4.69) is 10.3 Å². The van der Waals surface area contributed by atoms with E-state index in [0.717, 1.165) is 16.7 Å². The predicted molar refractivity (Wildman–Crippen MR) is 81.3 cm³/mol. The number of fused-ring (bicyclic) bond motifs is 1. The summed E-state index contributed by atoms with van der Waals surface area (Å²) in [6.45, 7) is 0. The fourth-order valence-corrected chi connectivity index (χ4v) is 2.24. The molecule has 1 aromatic heterocycles. The van der Waals surface area contributed by atoms with Crippen LogP contribution in [0.5, 0.6) is 0 Å². The number of pyridine rings is 1. The summed E-state index contributed by atoms with van der Waals surface area (Å²) in [5.74, 6) is 0.719. The SMILES string of the molecule is CSCC[C@H](N)C(=O)Nc1cnc2ccccc2c1. The summed E-state index contributed by atoms with van der Waals surface area (Å²) in [5.41, 5.74) is 7.41. The van der Waals surface area contributed by atoms with Crippen molar-refractivity contribution in [3.05, 3.63) is 36.5 Å². The number of para-hydroxylation sites is 1. The number of thioether (sulfide) groups is 1. The second-order valence-electron chi connectivity index (χ2n) is 4.29. The molecule has 1 amide bonds. The van der Waals surface area contributed by atoms with Crippen LogP contribution in [0, 0.1) is 0 Å². The lowest BCUT2D eigenvalue weighted by Gasteiger charge is -2.11. The molecule has 19 heavy (non-hydrogen) atoms. The topological polar surface area (TPSA) is 68.0 Å². The minimum Gasteiger partial charge on any atom is -0.323 e. The molecule has 0 unspecified atom stereocenters. The van der Waals surface area contributed by atoms with Gasteiger partial charge in [-0.2, -0.15) is 11.8 Å². The molecule has 0 radical (unpaired) electrons. The lowest BCUT2D eigenvalue weighted by Crippen LogP contribution is -2.36. The fraction of sp³-hybridized carbons (Fsp3) is 0.286. The molecule has 0 fully saturated rings. The number of nitrogens with one attached hydrogen (secondary N) is 1. The van der Waals surface area contributed by atoms with Crippen LogP contribution in [0.15, 0.2) is 36.5 Å². The van der Waals surface area contributed by atoms with Crippen LogP contribution in [0.3, 0.4) is 0 Å². The van der Waals surface area contributed by atoms with Crippen molar-refractivity contribution in [2.75, 3.05) is 17.3 Å². The van der Waals surface area contributed by atoms with Gasteiger partial charge in [-0.05, 0) is 30.6 Å². The highest BCUT2D eigenvalue weighted by atomic mass is 32.2. The maximum absolute atomic E-state index is 11.9. The number of amides is 1. The molecule has 0 aliphatic carbocycles. The van der Waals surface area contributed by atoms with Crippen molar-refractivity contribution in [3.63, 3.8) is 0 Å². The van der Waals surface area contributed by atoms with Crippen molar-refractivity contribution in [2.45, 2.75) is 12.5 Å². The summed E-state index contributed by atoms with van der Waals surface area (Å²) in [6.07, 6.45) is 4.33. The van der Waals surface area contributed by atoms with Gasteiger partial charge in [-0.1, -0.05) is 18.2 Å². The first-order chi connectivity index (χ1) is 9.20. The second-order valence-corrected chi connectivity index (χ2v) is 5.28. The molecule has 5 heteroatoms. The third kappa shape index (κ3) is 3.68. The van der Waals surface area contributed by atoms with Gasteiger partial charge < -0.3 is 11.1 Å². The number of nitrogens with zero attached hydrogens (tertiary/aromatic N) is 1. The van der Waals surface area contributed by atoms with Crippen molar-refractivity contribution in [3.8, 4) is 0 Å². The van der Waals surface area contributed by atoms with Gasteiger partial charge in [0, 0.05) is 5.39 Å². The maximum atomic E-state index is 11.9. The molecule has 100 valence electrons. The van der Waals surface area contributed by atoms with E-state index in [1.54, 1.807) is 18.0 Å². The van der Waals surface area contributed by atoms with Gasteiger partial charge in [0.15, 0.2) is 0 Å². The van der Waals surface area contributed by atoms with E-state index in [1.807, 2.05) is 36.6 Å². The first kappa shape index (κ1) is 13.8. The second kappa shape index (κ2) is 6.54. The minimum atomic E-state index is -0.473. The van der Waals surface area contributed by atoms with Crippen LogP contribution in [-0.4, -0.2) is 28.9 Å². The van der Waals surface area contributed by atoms with Crippen LogP contribution >= 0.6 is 11.8 Å². The molecule has 0 bridgehead atoms. The number of aromatic nitrogens is 1. The zero-order chi connectivity index (χ0) is 13.7. The number of hydrogen-bond donors (Lipinski definition) is 2. The molecular formula is C14H17N3OS. The van der Waals surface area contributed by atoms with Crippen LogP contribution in [0.2, 0.25) is 0 Å². The van der Waals surface area contributed by atoms with E-state index in [9.17, 15) is 4.79 Å². The summed E-state index contributed by atoms with van der Waals surface area (Å²) < 4.78 is 0. The molecule has 2 rings (SSSR count). The number of carbonyl (C=O) groups is 1. The molecule has 1 aromatic carbocycles. The molecular weight excluding hydrogens is 258 g/mol. The summed E-state index contributed by atoms with van der Waals surface area (Å²) in [7, 11) is 0. The Morgan fingerprint density at radius 2 is 2.26 bits per heavy atom. The van der Waals surface area contributed by atoms with E-state index in [-0.39, 0.29) is 5.91 Å². The highest BCUT2D eigenvalue weighted by Gasteiger charge is 2.13. The molecule has 0 aliphatic heterocycles. The Labute approximate surface area is 116 Å². The van der Waals surface area contributed by atoms with Gasteiger partial charge in [0.2, 0.25) is 5.91 Å². The largest absolute Gasteiger partial charge is 0.323 e. The number of rotatable bonds is 5. The molecule has 1 heterocycles. The molecule has 1 atom stereocenters. The number of carbonyl (C=O) groups excluding carboxylic acids is 1. The van der Waals surface area contributed by atoms with Gasteiger partial charge in [-0.25, -0.2) is 0 Å². The summed E-state index contributed by atoms with van der Waals surface area (Å²) >= 11 is 1.68. The molecule has 2 aromatic rings. The van der Waals surface area contributed by atoms with Crippen molar-refractivity contribution >= 4 is 34.3 Å². The Morgan fingerprint density at radius 3 is 3.05 bits per heavy atom. The Kier molecular flexibility index (Phi) is 4.76. The summed E-state index contributed by atoms with van der Waals surface area (Å²) in [4.78, 5) is 16.2. The quantitative estimate of drug-likeness (QED) is 0.878. The zero-order valence-corrected chi connectivity index (χ0v) is 11.6. The monoisotopic (exact) mass is 275 g/mol. The smallest absolute Gasteiger partial charge is 0.241 e. The standard InChI is InChI=1S/C14H17N3OS/c1-19-7-6-12(15)14(18)17-11-8-10-4-2-3-5-13(10)16-9-11/h2-5,8-9,12H,6-7,15H2,1H3,(H,17,18)/t12-/m0/s1. The minimum absolute atomic E-state index is 0.161. The Balaban J connectivity index is 2.06. The first-order valence-electron chi connectivity index (χ1n) is 6.11. The number of anilines is 1. The number of nitrogens with two attached hydrogens (primary N) is 1. The van der Waals surface area contributed by atoms with Gasteiger partial charge in [0.05, 0.1) is 23.4 Å². The van der Waals surface area contributed by atoms with E-state index in [0.29, 0.717) is 12.1 Å². The van der Waals surface area contributed by atoms with Gasteiger partial charge in [-0.3, -0.25) is 9.78 Å². The average Bonchev–Trinajstić information content (AvgIpc) is 2.44. The highest BCUT2D eigenvalue weighted by molar-refractivity contribution is 7.98. The van der Waals surface area contributed by atoms with Gasteiger partial charge >= 0.3 is 0 Å². The fourth-order valence-electron chi connectivity index (χ4n) is 1.75. The third-order valence-corrected chi connectivity index (χ3v) is 3.47. The van der Waals surface area contributed by atoms with Crippen molar-refractivity contribution in [1.82, 2.24) is 4.98 Å². The van der Waals surface area contributed by atoms with Gasteiger partial charge in [0.25, 0.3) is 0 Å². The molecule has 3 N–H and O–H groups in total. The zero-order valence-electron chi connectivity index (χ0n) is 10.8. The summed E-state index contributed by atoms with van der Waals surface area (Å²) in [5, 5.41) is 3.81. The number of hydrogen-bond acceptors (Lipinski definition) is 4. The summed E-state index contributed by atoms with van der Waals surface area (Å²) in [6, 6.07) is 9.21. The van der Waals surface area contributed by atoms with Crippen LogP contribution in [-0.2, 0) is 4.79 Å². The van der Waals surface area contributed by atoms with E-state index >= 15 is 0 Å². The normalized spacial score (nSPS) is 12.3. The lowest BCUT2D eigenvalue weighted by atomic mass is 10.2. The van der Waals surface area contributed by atoms with Gasteiger partial charge in [-0.15, -0.1) is 0 Å². The molecule has 0 aliphatic rings. The van der Waals surface area contributed by atoms with Crippen molar-refractivity contribution in [2.24, 2.45) is 5.73 Å². The van der Waals surface area contributed by atoms with Crippen LogP contribution in [0.4, 0.5) is 5.69 Å². The maximum Gasteiger partial charge on any atom is 0.241 e. The molecule has 0 saturated heterocycles. The average molecular weight is 275 g/mol. The molecule has 0 spiro atoms. The van der Waals surface area contributed by atoms with E-state index < -0.39 is 6.04 Å². The number of benzene rings is 1. The Bertz CT molecular complexity index is 573. The molecule has 4 nitrogen and oxygen atoms in total. The van der Waals surface area contributed by atoms with Gasteiger partial charge in [0.1, 0.15) is 0 Å². The lowest BCUT2D eigenvalue weighted by molar-refractivity contribution is -0.117. The third-order valence-electron chi connectivity index (χ3n) is 2.83. The van der Waals surface area contributed by atoms with Crippen LogP contribution in [0.25, 0.3) is 10.9 Å². The van der Waals surface area contributed by atoms with Crippen molar-refractivity contribution in [1.29, 1.82) is 0 Å².